The van der Waals surface area contributed by atoms with Gasteiger partial charge in [-0.3, -0.25) is 4.79 Å². The quantitative estimate of drug-likeness (QED) is 0.585. The second kappa shape index (κ2) is 2.24. The van der Waals surface area contributed by atoms with E-state index >= 15 is 0 Å². The molecule has 0 aromatic rings. The number of carbonyl (C=O) groups is 1. The lowest BCUT2D eigenvalue weighted by atomic mass is 9.97. The zero-order valence-electron chi connectivity index (χ0n) is 6.49. The Morgan fingerprint density at radius 1 is 1.55 bits per heavy atom. The summed E-state index contributed by atoms with van der Waals surface area (Å²) >= 11 is 0. The second-order valence-electron chi connectivity index (χ2n) is 3.11. The van der Waals surface area contributed by atoms with Gasteiger partial charge in [0.1, 0.15) is 12.2 Å². The zero-order chi connectivity index (χ0) is 8.70. The zero-order valence-corrected chi connectivity index (χ0v) is 6.49. The molecule has 1 aliphatic rings. The van der Waals surface area contributed by atoms with Crippen LogP contribution in [0.2, 0.25) is 0 Å². The number of carbonyl (C=O) groups excluding carboxylic acids is 1. The minimum Gasteiger partial charge on any atom is -0.361 e. The molecule has 0 spiro atoms. The van der Waals surface area contributed by atoms with Gasteiger partial charge < -0.3 is 4.74 Å². The van der Waals surface area contributed by atoms with Crippen molar-refractivity contribution in [2.75, 3.05) is 6.61 Å². The summed E-state index contributed by atoms with van der Waals surface area (Å²) in [6.07, 6.45) is -0.491. The first-order chi connectivity index (χ1) is 4.86. The highest BCUT2D eigenvalue weighted by molar-refractivity contribution is 5.84. The van der Waals surface area contributed by atoms with Crippen LogP contribution in [0.4, 0.5) is 8.78 Å². The van der Waals surface area contributed by atoms with Gasteiger partial charge in [-0.15, -0.1) is 0 Å². The van der Waals surface area contributed by atoms with E-state index in [4.69, 9.17) is 4.74 Å². The topological polar surface area (TPSA) is 26.3 Å². The van der Waals surface area contributed by atoms with Crippen LogP contribution in [0.5, 0.6) is 0 Å². The van der Waals surface area contributed by atoms with E-state index in [0.717, 1.165) is 0 Å². The van der Waals surface area contributed by atoms with Crippen LogP contribution in [0.25, 0.3) is 0 Å². The third-order valence-corrected chi connectivity index (χ3v) is 1.94. The first-order valence-corrected chi connectivity index (χ1v) is 3.39. The predicted octanol–water partition coefficient (Wildman–Crippen LogP) is 1.39. The molecule has 0 unspecified atom stereocenters. The predicted molar refractivity (Wildman–Crippen MR) is 34.6 cm³/mol. The Balaban J connectivity index is 2.73. The van der Waals surface area contributed by atoms with E-state index in [2.05, 4.69) is 0 Å². The first kappa shape index (κ1) is 8.59. The Bertz CT molecular complexity index is 191. The molecule has 1 atom stereocenters. The van der Waals surface area contributed by atoms with Crippen LogP contribution < -0.4 is 0 Å². The Morgan fingerprint density at radius 2 is 2.09 bits per heavy atom. The smallest absolute Gasteiger partial charge is 0.274 e. The van der Waals surface area contributed by atoms with Gasteiger partial charge >= 0.3 is 0 Å². The van der Waals surface area contributed by atoms with Gasteiger partial charge in [-0.05, 0) is 13.8 Å². The number of Topliss-reactive ketones (excluding diaryl/α,β-unsaturated/α-hetero) is 1. The van der Waals surface area contributed by atoms with E-state index in [9.17, 15) is 13.6 Å². The van der Waals surface area contributed by atoms with Crippen LogP contribution in [0, 0.1) is 0 Å². The molecular weight excluding hydrogens is 154 g/mol. The number of hydrogen-bond acceptors (Lipinski definition) is 2. The highest BCUT2D eigenvalue weighted by atomic mass is 19.3. The molecule has 1 saturated heterocycles. The van der Waals surface area contributed by atoms with Crippen molar-refractivity contribution in [3.05, 3.63) is 0 Å². The van der Waals surface area contributed by atoms with Gasteiger partial charge in [-0.1, -0.05) is 0 Å². The maximum absolute atomic E-state index is 12.5. The molecule has 2 nitrogen and oxygen atoms in total. The lowest BCUT2D eigenvalue weighted by Crippen LogP contribution is -2.33. The molecule has 0 amide bonds. The fourth-order valence-electron chi connectivity index (χ4n) is 1.09. The summed E-state index contributed by atoms with van der Waals surface area (Å²) in [5, 5.41) is 0. The molecule has 1 aliphatic heterocycles. The van der Waals surface area contributed by atoms with Gasteiger partial charge in [-0.25, -0.2) is 8.78 Å². The van der Waals surface area contributed by atoms with Crippen molar-refractivity contribution in [1.82, 2.24) is 0 Å². The van der Waals surface area contributed by atoms with Gasteiger partial charge in [0.2, 0.25) is 0 Å². The number of hydrogen-bond donors (Lipinski definition) is 0. The first-order valence-electron chi connectivity index (χ1n) is 3.39. The summed E-state index contributed by atoms with van der Waals surface area (Å²) in [7, 11) is 0. The summed E-state index contributed by atoms with van der Waals surface area (Å²) in [5.41, 5.74) is -1.26. The highest BCUT2D eigenvalue weighted by Crippen LogP contribution is 2.37. The van der Waals surface area contributed by atoms with Gasteiger partial charge in [-0.2, -0.15) is 0 Å². The Hall–Kier alpha value is -0.510. The van der Waals surface area contributed by atoms with Crippen molar-refractivity contribution in [3.63, 3.8) is 0 Å². The monoisotopic (exact) mass is 164 g/mol. The van der Waals surface area contributed by atoms with E-state index in [-0.39, 0.29) is 5.78 Å². The van der Waals surface area contributed by atoms with Gasteiger partial charge in [0.15, 0.2) is 5.78 Å². The Morgan fingerprint density at radius 3 is 2.27 bits per heavy atom. The maximum Gasteiger partial charge on any atom is 0.274 e. The third-order valence-electron chi connectivity index (χ3n) is 1.94. The average Bonchev–Trinajstić information content (AvgIpc) is 2.08. The number of halogens is 2. The van der Waals surface area contributed by atoms with Gasteiger partial charge in [0.05, 0.1) is 0 Å². The van der Waals surface area contributed by atoms with Crippen LogP contribution in [0.15, 0.2) is 0 Å². The van der Waals surface area contributed by atoms with E-state index in [1.807, 2.05) is 0 Å². The normalized spacial score (nSPS) is 35.6. The van der Waals surface area contributed by atoms with E-state index in [1.54, 1.807) is 0 Å². The molecule has 0 bridgehead atoms. The molecule has 4 heteroatoms. The fourth-order valence-corrected chi connectivity index (χ4v) is 1.09. The summed E-state index contributed by atoms with van der Waals surface area (Å²) in [6.45, 7) is 2.03. The van der Waals surface area contributed by atoms with Crippen LogP contribution in [-0.2, 0) is 9.53 Å². The molecule has 0 radical (unpaired) electrons. The van der Waals surface area contributed by atoms with E-state index in [1.165, 1.54) is 13.8 Å². The molecule has 0 aromatic heterocycles. The number of ether oxygens (including phenoxy) is 1. The minimum absolute atomic E-state index is 0.338. The number of alkyl halides is 2. The summed E-state index contributed by atoms with van der Waals surface area (Å²) in [5.74, 6) is -3.17. The molecule has 0 saturated carbocycles. The molecule has 0 aliphatic carbocycles. The molecule has 1 rings (SSSR count). The molecule has 1 fully saturated rings. The average molecular weight is 164 g/mol. The largest absolute Gasteiger partial charge is 0.361 e. The summed E-state index contributed by atoms with van der Waals surface area (Å²) < 4.78 is 29.8. The number of ketones is 1. The lowest BCUT2D eigenvalue weighted by Gasteiger charge is -2.17. The third kappa shape index (κ3) is 1.56. The van der Waals surface area contributed by atoms with Crippen molar-refractivity contribution in [2.24, 2.45) is 0 Å². The van der Waals surface area contributed by atoms with Gasteiger partial charge in [0.25, 0.3) is 5.92 Å². The van der Waals surface area contributed by atoms with Crippen molar-refractivity contribution >= 4 is 5.78 Å². The lowest BCUT2D eigenvalue weighted by molar-refractivity contribution is -0.134. The van der Waals surface area contributed by atoms with Crippen LogP contribution >= 0.6 is 0 Å². The molecule has 64 valence electrons. The fraction of sp³-hybridized carbons (Fsp3) is 0.857. The van der Waals surface area contributed by atoms with Crippen LogP contribution in [-0.4, -0.2) is 23.9 Å². The van der Waals surface area contributed by atoms with Crippen molar-refractivity contribution < 1.29 is 18.3 Å². The molecular formula is C7H10F2O2. The Kier molecular flexibility index (Phi) is 1.75. The number of rotatable bonds is 1. The standard InChI is InChI=1S/C7H10F2O2/c1-5(10)6(2)3-7(8,9)4-11-6/h3-4H2,1-2H3/t6-/m0/s1. The van der Waals surface area contributed by atoms with Crippen molar-refractivity contribution in [3.8, 4) is 0 Å². The van der Waals surface area contributed by atoms with Gasteiger partial charge in [0, 0.05) is 6.42 Å². The Labute approximate surface area is 63.5 Å². The van der Waals surface area contributed by atoms with E-state index in [0.29, 0.717) is 0 Å². The van der Waals surface area contributed by atoms with Crippen molar-refractivity contribution in [1.29, 1.82) is 0 Å². The van der Waals surface area contributed by atoms with E-state index < -0.39 is 24.6 Å². The summed E-state index contributed by atoms with van der Waals surface area (Å²) in [4.78, 5) is 10.8. The SMILES string of the molecule is CC(=O)[C@]1(C)CC(F)(F)CO1. The minimum atomic E-state index is -2.83. The molecule has 1 heterocycles. The highest BCUT2D eigenvalue weighted by Gasteiger charge is 2.50. The van der Waals surface area contributed by atoms with Crippen LogP contribution in [0.1, 0.15) is 20.3 Å². The molecule has 0 N–H and O–H groups in total. The molecule has 0 aromatic carbocycles. The maximum atomic E-state index is 12.5. The van der Waals surface area contributed by atoms with Crippen LogP contribution in [0.3, 0.4) is 0 Å². The van der Waals surface area contributed by atoms with Crippen molar-refractivity contribution in [2.45, 2.75) is 31.8 Å². The molecule has 11 heavy (non-hydrogen) atoms. The second-order valence-corrected chi connectivity index (χ2v) is 3.11. The summed E-state index contributed by atoms with van der Waals surface area (Å²) in [6, 6.07) is 0.